The summed E-state index contributed by atoms with van der Waals surface area (Å²) in [5, 5.41) is 30.6. The predicted molar refractivity (Wildman–Crippen MR) is 239 cm³/mol. The van der Waals surface area contributed by atoms with Crippen LogP contribution in [0.1, 0.15) is 181 Å². The molecule has 1 fully saturated rings. The summed E-state index contributed by atoms with van der Waals surface area (Å²) in [6.45, 7) is 3.85. The minimum atomic E-state index is -5.06. The summed E-state index contributed by atoms with van der Waals surface area (Å²) in [4.78, 5) is 12.8. The summed E-state index contributed by atoms with van der Waals surface area (Å²) in [7, 11) is -5.06. The Hall–Kier alpha value is -1.94. The average molecular weight is 873 g/mol. The van der Waals surface area contributed by atoms with Gasteiger partial charge < -0.3 is 34.3 Å². The van der Waals surface area contributed by atoms with Crippen LogP contribution in [0.15, 0.2) is 48.6 Å². The van der Waals surface area contributed by atoms with E-state index in [1.165, 1.54) is 83.5 Å². The van der Waals surface area contributed by atoms with Gasteiger partial charge in [-0.1, -0.05) is 172 Å². The number of hydrogen-bond acceptors (Lipinski definition) is 11. The molecule has 6 atom stereocenters. The van der Waals surface area contributed by atoms with E-state index in [4.69, 9.17) is 23.5 Å². The topological polar surface area (TPSA) is 178 Å². The van der Waals surface area contributed by atoms with Crippen LogP contribution in [0.2, 0.25) is 0 Å². The molecule has 1 aliphatic heterocycles. The number of aliphatic hydroxyl groups excluding tert-OH is 3. The Morgan fingerprint density at radius 2 is 1.15 bits per heavy atom. The molecule has 0 aromatic carbocycles. The molecule has 4 N–H and O–H groups in total. The third kappa shape index (κ3) is 31.8. The summed E-state index contributed by atoms with van der Waals surface area (Å²) < 4.78 is 59.0. The first-order valence-electron chi connectivity index (χ1n) is 23.4. The number of aliphatic hydroxyl groups is 3. The van der Waals surface area contributed by atoms with Crippen LogP contribution < -0.4 is 0 Å². The van der Waals surface area contributed by atoms with Crippen LogP contribution in [0.25, 0.3) is 0 Å². The molecular formula is C47H84O12S. The summed E-state index contributed by atoms with van der Waals surface area (Å²) in [6.07, 6.45) is 37.2. The highest BCUT2D eigenvalue weighted by molar-refractivity contribution is 7.80. The Morgan fingerprint density at radius 1 is 0.650 bits per heavy atom. The van der Waals surface area contributed by atoms with Crippen molar-refractivity contribution in [2.24, 2.45) is 0 Å². The van der Waals surface area contributed by atoms with E-state index >= 15 is 0 Å². The van der Waals surface area contributed by atoms with Crippen molar-refractivity contribution >= 4 is 16.4 Å². The van der Waals surface area contributed by atoms with Crippen LogP contribution in [0, 0.1) is 0 Å². The molecule has 0 aromatic heterocycles. The van der Waals surface area contributed by atoms with Crippen molar-refractivity contribution in [3.8, 4) is 0 Å². The summed E-state index contributed by atoms with van der Waals surface area (Å²) >= 11 is 0. The second-order valence-corrected chi connectivity index (χ2v) is 17.0. The van der Waals surface area contributed by atoms with Crippen molar-refractivity contribution < 1.29 is 56.2 Å². The van der Waals surface area contributed by atoms with Crippen LogP contribution >= 0.6 is 0 Å². The van der Waals surface area contributed by atoms with E-state index < -0.39 is 59.8 Å². The highest BCUT2D eigenvalue weighted by Gasteiger charge is 2.48. The number of hydrogen-bond donors (Lipinski definition) is 4. The van der Waals surface area contributed by atoms with E-state index in [2.05, 4.69) is 66.6 Å². The molecule has 0 bridgehead atoms. The van der Waals surface area contributed by atoms with E-state index in [-0.39, 0.29) is 19.6 Å². The third-order valence-corrected chi connectivity index (χ3v) is 10.9. The lowest BCUT2D eigenvalue weighted by Crippen LogP contribution is -2.60. The van der Waals surface area contributed by atoms with Gasteiger partial charge in [-0.05, 0) is 51.4 Å². The quantitative estimate of drug-likeness (QED) is 0.0199. The molecule has 0 radical (unpaired) electrons. The number of carbonyl (C=O) groups is 1. The molecule has 1 rings (SSSR count). The fourth-order valence-corrected chi connectivity index (χ4v) is 7.47. The van der Waals surface area contributed by atoms with Gasteiger partial charge in [-0.25, -0.2) is 4.18 Å². The third-order valence-electron chi connectivity index (χ3n) is 10.5. The predicted octanol–water partition coefficient (Wildman–Crippen LogP) is 9.97. The Balaban J connectivity index is 2.36. The van der Waals surface area contributed by atoms with Crippen molar-refractivity contribution in [1.29, 1.82) is 0 Å². The van der Waals surface area contributed by atoms with Gasteiger partial charge in [0.1, 0.15) is 30.5 Å². The fourth-order valence-electron chi connectivity index (χ4n) is 6.96. The maximum atomic E-state index is 12.8. The summed E-state index contributed by atoms with van der Waals surface area (Å²) in [5.41, 5.74) is 0. The maximum Gasteiger partial charge on any atom is 0.397 e. The number of carbonyl (C=O) groups excluding carboxylic acids is 1. The van der Waals surface area contributed by atoms with Crippen LogP contribution in [-0.4, -0.2) is 97.5 Å². The van der Waals surface area contributed by atoms with Crippen LogP contribution in [0.4, 0.5) is 0 Å². The normalized spacial score (nSPS) is 20.7. The Labute approximate surface area is 364 Å². The number of unbranched alkanes of at least 4 members (excludes halogenated alkanes) is 19. The summed E-state index contributed by atoms with van der Waals surface area (Å²) in [6, 6.07) is 0. The SMILES string of the molecule is CC/C=C\C/C=C\C/C=C\C/C=C\CCCCCCCCCCCOCC(COC1OC(CO)C(O)C(OS(=O)(=O)O)C1O)OC(=O)CCCCCCCCCCCCC. The van der Waals surface area contributed by atoms with Gasteiger partial charge >= 0.3 is 16.4 Å². The molecule has 0 amide bonds. The van der Waals surface area contributed by atoms with Crippen molar-refractivity contribution in [2.45, 2.75) is 218 Å². The molecule has 350 valence electrons. The Morgan fingerprint density at radius 3 is 1.68 bits per heavy atom. The first-order chi connectivity index (χ1) is 29.1. The minimum Gasteiger partial charge on any atom is -0.457 e. The van der Waals surface area contributed by atoms with Gasteiger partial charge in [0.15, 0.2) is 6.29 Å². The Kier molecular flexibility index (Phi) is 36.2. The van der Waals surface area contributed by atoms with Crippen molar-refractivity contribution in [3.05, 3.63) is 48.6 Å². The lowest BCUT2D eigenvalue weighted by atomic mass is 9.99. The molecule has 1 saturated heterocycles. The Bertz CT molecular complexity index is 1240. The van der Waals surface area contributed by atoms with Gasteiger partial charge in [0.2, 0.25) is 0 Å². The van der Waals surface area contributed by atoms with Crippen molar-refractivity contribution in [1.82, 2.24) is 0 Å². The number of rotatable bonds is 40. The molecule has 13 heteroatoms. The van der Waals surface area contributed by atoms with E-state index in [1.54, 1.807) is 0 Å². The van der Waals surface area contributed by atoms with Crippen molar-refractivity contribution in [2.75, 3.05) is 26.4 Å². The van der Waals surface area contributed by atoms with Gasteiger partial charge in [-0.15, -0.1) is 0 Å². The van der Waals surface area contributed by atoms with Crippen LogP contribution in [-0.2, 0) is 38.3 Å². The van der Waals surface area contributed by atoms with E-state index in [0.29, 0.717) is 13.0 Å². The van der Waals surface area contributed by atoms with Gasteiger partial charge in [0.25, 0.3) is 0 Å². The zero-order valence-corrected chi connectivity index (χ0v) is 38.1. The molecule has 0 spiro atoms. The molecule has 60 heavy (non-hydrogen) atoms. The first kappa shape index (κ1) is 56.1. The van der Waals surface area contributed by atoms with Crippen LogP contribution in [0.5, 0.6) is 0 Å². The number of allylic oxidation sites excluding steroid dienone is 8. The average Bonchev–Trinajstić information content (AvgIpc) is 3.22. The molecule has 1 aliphatic rings. The second-order valence-electron chi connectivity index (χ2n) is 16.0. The molecular weight excluding hydrogens is 789 g/mol. The van der Waals surface area contributed by atoms with E-state index in [9.17, 15) is 28.5 Å². The molecule has 0 aliphatic carbocycles. The lowest BCUT2D eigenvalue weighted by Gasteiger charge is -2.41. The van der Waals surface area contributed by atoms with Gasteiger partial charge in [-0.3, -0.25) is 9.35 Å². The zero-order valence-electron chi connectivity index (χ0n) is 37.3. The van der Waals surface area contributed by atoms with E-state index in [1.807, 2.05) is 0 Å². The molecule has 12 nitrogen and oxygen atoms in total. The monoisotopic (exact) mass is 873 g/mol. The molecule has 0 aromatic rings. The van der Waals surface area contributed by atoms with E-state index in [0.717, 1.165) is 70.6 Å². The molecule has 6 unspecified atom stereocenters. The number of esters is 1. The minimum absolute atomic E-state index is 0.0325. The second kappa shape index (κ2) is 38.7. The van der Waals surface area contributed by atoms with Gasteiger partial charge in [0, 0.05) is 13.0 Å². The van der Waals surface area contributed by atoms with Crippen molar-refractivity contribution in [3.63, 3.8) is 0 Å². The molecule has 1 heterocycles. The first-order valence-corrected chi connectivity index (χ1v) is 24.8. The standard InChI is InChI=1S/C47H84O12S/c1-3-5-7-9-11-13-15-16-17-18-19-20-21-22-23-24-25-27-29-31-33-35-37-55-39-41(57-43(49)36-34-32-30-28-26-14-12-10-8-6-4-2)40-56-47-45(51)46(59-60(52,53)54)44(50)42(38-48)58-47/h5,7,11,13,16-17,19-20,41-42,44-48,50-51H,3-4,6,8-10,12,14-15,18,21-40H2,1-2H3,(H,52,53,54)/b7-5-,13-11-,17-16-,20-19-. The lowest BCUT2D eigenvalue weighted by molar-refractivity contribution is -0.301. The maximum absolute atomic E-state index is 12.8. The highest BCUT2D eigenvalue weighted by atomic mass is 32.3. The largest absolute Gasteiger partial charge is 0.457 e. The highest BCUT2D eigenvalue weighted by Crippen LogP contribution is 2.26. The fraction of sp³-hybridized carbons (Fsp3) is 0.809. The van der Waals surface area contributed by atoms with Gasteiger partial charge in [0.05, 0.1) is 19.8 Å². The summed E-state index contributed by atoms with van der Waals surface area (Å²) in [5.74, 6) is -0.404. The molecule has 0 saturated carbocycles. The zero-order chi connectivity index (χ0) is 43.9. The van der Waals surface area contributed by atoms with Gasteiger partial charge in [-0.2, -0.15) is 8.42 Å². The smallest absolute Gasteiger partial charge is 0.397 e. The number of ether oxygens (including phenoxy) is 4. The van der Waals surface area contributed by atoms with Crippen LogP contribution in [0.3, 0.4) is 0 Å².